The van der Waals surface area contributed by atoms with Crippen LogP contribution in [-0.2, 0) is 21.2 Å². The van der Waals surface area contributed by atoms with Crippen LogP contribution < -0.4 is 10.1 Å². The Morgan fingerprint density at radius 2 is 1.65 bits per heavy atom. The standard InChI is InChI=1S/C23H31N3O4S/c1-3-30-21-8-6-20(7-9-21)18-23(27)24-12-13-25-14-16-26(17-15-25)31(28,29)22-10-4-19(2)5-11-22/h4-11H,3,12-18H2,1-2H3,(H,24,27). The summed E-state index contributed by atoms with van der Waals surface area (Å²) in [5.41, 5.74) is 1.98. The molecular weight excluding hydrogens is 414 g/mol. The number of carbonyl (C=O) groups is 1. The highest BCUT2D eigenvalue weighted by atomic mass is 32.2. The fourth-order valence-electron chi connectivity index (χ4n) is 3.52. The molecule has 3 rings (SSSR count). The highest BCUT2D eigenvalue weighted by Gasteiger charge is 2.28. The molecule has 0 unspecified atom stereocenters. The van der Waals surface area contributed by atoms with E-state index in [1.165, 1.54) is 0 Å². The van der Waals surface area contributed by atoms with Gasteiger partial charge in [0.1, 0.15) is 5.75 Å². The van der Waals surface area contributed by atoms with Crippen molar-refractivity contribution in [2.75, 3.05) is 45.9 Å². The van der Waals surface area contributed by atoms with Crippen molar-refractivity contribution in [3.8, 4) is 5.75 Å². The second kappa shape index (κ2) is 10.7. The van der Waals surface area contributed by atoms with Crippen LogP contribution >= 0.6 is 0 Å². The fraction of sp³-hybridized carbons (Fsp3) is 0.435. The number of benzene rings is 2. The first-order valence-electron chi connectivity index (χ1n) is 10.7. The van der Waals surface area contributed by atoms with Gasteiger partial charge in [-0.15, -0.1) is 0 Å². The summed E-state index contributed by atoms with van der Waals surface area (Å²) in [6, 6.07) is 14.5. The van der Waals surface area contributed by atoms with E-state index in [-0.39, 0.29) is 5.91 Å². The summed E-state index contributed by atoms with van der Waals surface area (Å²) in [6.45, 7) is 7.95. The molecule has 0 aromatic heterocycles. The van der Waals surface area contributed by atoms with E-state index in [4.69, 9.17) is 4.74 Å². The van der Waals surface area contributed by atoms with Gasteiger partial charge < -0.3 is 10.1 Å². The van der Waals surface area contributed by atoms with Gasteiger partial charge in [-0.3, -0.25) is 9.69 Å². The Morgan fingerprint density at radius 1 is 1.00 bits per heavy atom. The van der Waals surface area contributed by atoms with Crippen LogP contribution in [0.3, 0.4) is 0 Å². The number of aryl methyl sites for hydroxylation is 1. The zero-order valence-electron chi connectivity index (χ0n) is 18.2. The van der Waals surface area contributed by atoms with Crippen molar-refractivity contribution >= 4 is 15.9 Å². The molecule has 1 heterocycles. The van der Waals surface area contributed by atoms with Gasteiger partial charge >= 0.3 is 0 Å². The number of nitrogens with zero attached hydrogens (tertiary/aromatic N) is 2. The van der Waals surface area contributed by atoms with Gasteiger partial charge in [0, 0.05) is 39.3 Å². The lowest BCUT2D eigenvalue weighted by atomic mass is 10.1. The predicted octanol–water partition coefficient (Wildman–Crippen LogP) is 2.06. The molecule has 0 aliphatic carbocycles. The first-order valence-corrected chi connectivity index (χ1v) is 12.1. The van der Waals surface area contributed by atoms with Crippen molar-refractivity contribution in [2.24, 2.45) is 0 Å². The number of carbonyl (C=O) groups excluding carboxylic acids is 1. The SMILES string of the molecule is CCOc1ccc(CC(=O)NCCN2CCN(S(=O)(=O)c3ccc(C)cc3)CC2)cc1. The van der Waals surface area contributed by atoms with E-state index >= 15 is 0 Å². The van der Waals surface area contributed by atoms with Gasteiger partial charge in [0.15, 0.2) is 0 Å². The van der Waals surface area contributed by atoms with Gasteiger partial charge in [0.25, 0.3) is 0 Å². The summed E-state index contributed by atoms with van der Waals surface area (Å²) >= 11 is 0. The summed E-state index contributed by atoms with van der Waals surface area (Å²) in [5, 5.41) is 2.95. The van der Waals surface area contributed by atoms with Crippen molar-refractivity contribution in [1.82, 2.24) is 14.5 Å². The average Bonchev–Trinajstić information content (AvgIpc) is 2.76. The van der Waals surface area contributed by atoms with Gasteiger partial charge in [-0.05, 0) is 43.7 Å². The summed E-state index contributed by atoms with van der Waals surface area (Å²) in [6.07, 6.45) is 0.328. The van der Waals surface area contributed by atoms with E-state index in [0.717, 1.165) is 16.9 Å². The summed E-state index contributed by atoms with van der Waals surface area (Å²) in [5.74, 6) is 0.778. The lowest BCUT2D eigenvalue weighted by Crippen LogP contribution is -2.50. The molecular formula is C23H31N3O4S. The summed E-state index contributed by atoms with van der Waals surface area (Å²) < 4.78 is 32.5. The molecule has 0 atom stereocenters. The van der Waals surface area contributed by atoms with Crippen molar-refractivity contribution in [3.05, 3.63) is 59.7 Å². The van der Waals surface area contributed by atoms with Crippen molar-refractivity contribution in [3.63, 3.8) is 0 Å². The summed E-state index contributed by atoms with van der Waals surface area (Å²) in [7, 11) is -3.45. The quantitative estimate of drug-likeness (QED) is 0.639. The van der Waals surface area contributed by atoms with Crippen molar-refractivity contribution < 1.29 is 17.9 Å². The van der Waals surface area contributed by atoms with Gasteiger partial charge in [-0.1, -0.05) is 29.8 Å². The number of hydrogen-bond acceptors (Lipinski definition) is 5. The third-order valence-electron chi connectivity index (χ3n) is 5.34. The van der Waals surface area contributed by atoms with Crippen LogP contribution in [0.25, 0.3) is 0 Å². The maximum atomic E-state index is 12.8. The minimum atomic E-state index is -3.45. The number of nitrogens with one attached hydrogen (secondary N) is 1. The molecule has 168 valence electrons. The van der Waals surface area contributed by atoms with Crippen LogP contribution in [0.1, 0.15) is 18.1 Å². The molecule has 1 saturated heterocycles. The van der Waals surface area contributed by atoms with Crippen molar-refractivity contribution in [1.29, 1.82) is 0 Å². The minimum Gasteiger partial charge on any atom is -0.494 e. The molecule has 0 spiro atoms. The molecule has 7 nitrogen and oxygen atoms in total. The minimum absolute atomic E-state index is 0.0234. The van der Waals surface area contributed by atoms with Gasteiger partial charge in [-0.25, -0.2) is 8.42 Å². The average molecular weight is 446 g/mol. The largest absolute Gasteiger partial charge is 0.494 e. The fourth-order valence-corrected chi connectivity index (χ4v) is 4.95. The number of sulfonamides is 1. The van der Waals surface area contributed by atoms with Crippen LogP contribution in [0.5, 0.6) is 5.75 Å². The molecule has 1 aliphatic rings. The molecule has 2 aromatic rings. The number of amides is 1. The molecule has 31 heavy (non-hydrogen) atoms. The van der Waals surface area contributed by atoms with E-state index in [2.05, 4.69) is 10.2 Å². The normalized spacial score (nSPS) is 15.5. The topological polar surface area (TPSA) is 79.0 Å². The van der Waals surface area contributed by atoms with Crippen LogP contribution in [0.4, 0.5) is 0 Å². The third-order valence-corrected chi connectivity index (χ3v) is 7.25. The molecule has 1 amide bonds. The Kier molecular flexibility index (Phi) is 8.06. The second-order valence-corrected chi connectivity index (χ2v) is 9.60. The number of piperazine rings is 1. The summed E-state index contributed by atoms with van der Waals surface area (Å²) in [4.78, 5) is 14.7. The Hall–Kier alpha value is -2.42. The molecule has 1 fully saturated rings. The molecule has 1 N–H and O–H groups in total. The second-order valence-electron chi connectivity index (χ2n) is 7.66. The van der Waals surface area contributed by atoms with E-state index < -0.39 is 10.0 Å². The smallest absolute Gasteiger partial charge is 0.243 e. The van der Waals surface area contributed by atoms with E-state index in [9.17, 15) is 13.2 Å². The van der Waals surface area contributed by atoms with Crippen LogP contribution in [0, 0.1) is 6.92 Å². The van der Waals surface area contributed by atoms with E-state index in [1.54, 1.807) is 16.4 Å². The number of ether oxygens (including phenoxy) is 1. The molecule has 8 heteroatoms. The number of hydrogen-bond donors (Lipinski definition) is 1. The van der Waals surface area contributed by atoms with Gasteiger partial charge in [0.05, 0.1) is 17.9 Å². The Morgan fingerprint density at radius 3 is 2.26 bits per heavy atom. The maximum Gasteiger partial charge on any atom is 0.243 e. The predicted molar refractivity (Wildman–Crippen MR) is 121 cm³/mol. The molecule has 0 saturated carbocycles. The lowest BCUT2D eigenvalue weighted by molar-refractivity contribution is -0.120. The lowest BCUT2D eigenvalue weighted by Gasteiger charge is -2.34. The first-order chi connectivity index (χ1) is 14.9. The molecule has 0 radical (unpaired) electrons. The van der Waals surface area contributed by atoms with Crippen LogP contribution in [-0.4, -0.2) is 69.4 Å². The maximum absolute atomic E-state index is 12.8. The van der Waals surface area contributed by atoms with Crippen LogP contribution in [0.2, 0.25) is 0 Å². The zero-order chi connectivity index (χ0) is 22.3. The van der Waals surface area contributed by atoms with E-state index in [0.29, 0.717) is 57.2 Å². The first kappa shape index (κ1) is 23.2. The molecule has 2 aromatic carbocycles. The highest BCUT2D eigenvalue weighted by Crippen LogP contribution is 2.18. The Balaban J connectivity index is 1.39. The van der Waals surface area contributed by atoms with Crippen LogP contribution in [0.15, 0.2) is 53.4 Å². The Labute approximate surface area is 185 Å². The Bertz CT molecular complexity index is 951. The highest BCUT2D eigenvalue weighted by molar-refractivity contribution is 7.89. The van der Waals surface area contributed by atoms with Gasteiger partial charge in [-0.2, -0.15) is 4.31 Å². The zero-order valence-corrected chi connectivity index (χ0v) is 19.0. The third kappa shape index (κ3) is 6.53. The number of rotatable bonds is 9. The van der Waals surface area contributed by atoms with E-state index in [1.807, 2.05) is 50.2 Å². The van der Waals surface area contributed by atoms with Gasteiger partial charge in [0.2, 0.25) is 15.9 Å². The van der Waals surface area contributed by atoms with Crippen molar-refractivity contribution in [2.45, 2.75) is 25.2 Å². The molecule has 1 aliphatic heterocycles. The molecule has 0 bridgehead atoms. The monoisotopic (exact) mass is 445 g/mol.